The van der Waals surface area contributed by atoms with Gasteiger partial charge in [0.15, 0.2) is 0 Å². The molecule has 0 heterocycles. The summed E-state index contributed by atoms with van der Waals surface area (Å²) in [6.07, 6.45) is 0.0761. The summed E-state index contributed by atoms with van der Waals surface area (Å²) in [4.78, 5) is 23.6. The van der Waals surface area contributed by atoms with Gasteiger partial charge in [-0.2, -0.15) is 0 Å². The molecule has 0 spiro atoms. The first kappa shape index (κ1) is 16.0. The van der Waals surface area contributed by atoms with Crippen molar-refractivity contribution >= 4 is 29.1 Å². The van der Waals surface area contributed by atoms with E-state index in [1.807, 2.05) is 0 Å². The number of hydrogen-bond acceptors (Lipinski definition) is 2. The Labute approximate surface area is 132 Å². The minimum atomic E-state index is -0.426. The standard InChI is InChI=1S/C16H14ClFN2O2/c17-14-7-2-1-6-13(14)16(22)19-9-8-15(21)20-12-5-3-4-11(18)10-12/h1-7,10H,8-9H2,(H,19,22)(H,20,21). The van der Waals surface area contributed by atoms with Crippen molar-refractivity contribution in [3.63, 3.8) is 0 Å². The van der Waals surface area contributed by atoms with Gasteiger partial charge in [0.2, 0.25) is 5.91 Å². The van der Waals surface area contributed by atoms with Crippen LogP contribution in [0.4, 0.5) is 10.1 Å². The first-order chi connectivity index (χ1) is 10.6. The van der Waals surface area contributed by atoms with E-state index in [4.69, 9.17) is 11.6 Å². The highest BCUT2D eigenvalue weighted by Gasteiger charge is 2.10. The molecule has 0 unspecified atom stereocenters. The smallest absolute Gasteiger partial charge is 0.252 e. The van der Waals surface area contributed by atoms with Gasteiger partial charge in [-0.25, -0.2) is 4.39 Å². The summed E-state index contributed by atoms with van der Waals surface area (Å²) in [5, 5.41) is 5.51. The topological polar surface area (TPSA) is 58.2 Å². The van der Waals surface area contributed by atoms with Crippen molar-refractivity contribution in [3.8, 4) is 0 Å². The fraction of sp³-hybridized carbons (Fsp3) is 0.125. The molecule has 114 valence electrons. The van der Waals surface area contributed by atoms with Crippen LogP contribution in [0.15, 0.2) is 48.5 Å². The molecule has 0 atom stereocenters. The van der Waals surface area contributed by atoms with Gasteiger partial charge in [-0.05, 0) is 30.3 Å². The molecule has 6 heteroatoms. The minimum Gasteiger partial charge on any atom is -0.351 e. The second-order valence-electron chi connectivity index (χ2n) is 4.54. The molecule has 0 fully saturated rings. The number of hydrogen-bond donors (Lipinski definition) is 2. The Kier molecular flexibility index (Phi) is 5.49. The molecule has 0 aromatic heterocycles. The van der Waals surface area contributed by atoms with Crippen molar-refractivity contribution in [1.82, 2.24) is 5.32 Å². The largest absolute Gasteiger partial charge is 0.351 e. The maximum Gasteiger partial charge on any atom is 0.252 e. The zero-order chi connectivity index (χ0) is 15.9. The third-order valence-corrected chi connectivity index (χ3v) is 3.19. The third kappa shape index (κ3) is 4.56. The van der Waals surface area contributed by atoms with Gasteiger partial charge >= 0.3 is 0 Å². The molecule has 2 rings (SSSR count). The van der Waals surface area contributed by atoms with Crippen molar-refractivity contribution in [1.29, 1.82) is 0 Å². The van der Waals surface area contributed by atoms with E-state index in [0.717, 1.165) is 0 Å². The highest BCUT2D eigenvalue weighted by atomic mass is 35.5. The van der Waals surface area contributed by atoms with E-state index in [-0.39, 0.29) is 24.8 Å². The number of amides is 2. The Morgan fingerprint density at radius 1 is 1.09 bits per heavy atom. The summed E-state index contributed by atoms with van der Waals surface area (Å²) in [6.45, 7) is 0.158. The Hall–Kier alpha value is -2.40. The molecule has 0 aliphatic heterocycles. The number of halogens is 2. The predicted octanol–water partition coefficient (Wildman–Crippen LogP) is 3.24. The van der Waals surface area contributed by atoms with Crippen molar-refractivity contribution in [3.05, 3.63) is 64.9 Å². The second kappa shape index (κ2) is 7.56. The van der Waals surface area contributed by atoms with E-state index >= 15 is 0 Å². The first-order valence-corrected chi connectivity index (χ1v) is 7.02. The maximum absolute atomic E-state index is 13.0. The van der Waals surface area contributed by atoms with E-state index in [0.29, 0.717) is 16.3 Å². The van der Waals surface area contributed by atoms with Gasteiger partial charge in [-0.1, -0.05) is 29.8 Å². The van der Waals surface area contributed by atoms with Gasteiger partial charge in [0, 0.05) is 18.7 Å². The van der Waals surface area contributed by atoms with Gasteiger partial charge in [-0.3, -0.25) is 9.59 Å². The predicted molar refractivity (Wildman–Crippen MR) is 83.4 cm³/mol. The molecule has 2 aromatic carbocycles. The molecule has 0 saturated carbocycles. The number of anilines is 1. The molecule has 2 amide bonds. The van der Waals surface area contributed by atoms with Gasteiger partial charge in [-0.15, -0.1) is 0 Å². The fourth-order valence-corrected chi connectivity index (χ4v) is 2.04. The SMILES string of the molecule is O=C(CCNC(=O)c1ccccc1Cl)Nc1cccc(F)c1. The van der Waals surface area contributed by atoms with E-state index in [9.17, 15) is 14.0 Å². The fourth-order valence-electron chi connectivity index (χ4n) is 1.82. The Bertz CT molecular complexity index is 691. The van der Waals surface area contributed by atoms with Crippen molar-refractivity contribution in [2.75, 3.05) is 11.9 Å². The Morgan fingerprint density at radius 2 is 1.86 bits per heavy atom. The average molecular weight is 321 g/mol. The molecule has 0 radical (unpaired) electrons. The normalized spacial score (nSPS) is 10.1. The molecule has 22 heavy (non-hydrogen) atoms. The average Bonchev–Trinajstić information content (AvgIpc) is 2.47. The van der Waals surface area contributed by atoms with Crippen LogP contribution in [0.2, 0.25) is 5.02 Å². The van der Waals surface area contributed by atoms with E-state index in [1.54, 1.807) is 30.3 Å². The van der Waals surface area contributed by atoms with Crippen LogP contribution in [0.25, 0.3) is 0 Å². The number of nitrogens with one attached hydrogen (secondary N) is 2. The summed E-state index contributed by atoms with van der Waals surface area (Å²) in [5.41, 5.74) is 0.733. The van der Waals surface area contributed by atoms with E-state index in [1.165, 1.54) is 18.2 Å². The Balaban J connectivity index is 1.80. The zero-order valence-electron chi connectivity index (χ0n) is 11.6. The molecule has 0 bridgehead atoms. The van der Waals surface area contributed by atoms with Crippen LogP contribution in [0.1, 0.15) is 16.8 Å². The lowest BCUT2D eigenvalue weighted by Gasteiger charge is -2.07. The summed E-state index contributed by atoms with van der Waals surface area (Å²) < 4.78 is 13.0. The summed E-state index contributed by atoms with van der Waals surface area (Å²) in [7, 11) is 0. The molecule has 0 aliphatic rings. The lowest BCUT2D eigenvalue weighted by molar-refractivity contribution is -0.116. The molecule has 2 aromatic rings. The monoisotopic (exact) mass is 320 g/mol. The van der Waals surface area contributed by atoms with Crippen LogP contribution >= 0.6 is 11.6 Å². The van der Waals surface area contributed by atoms with Gasteiger partial charge < -0.3 is 10.6 Å². The molecular weight excluding hydrogens is 307 g/mol. The molecule has 4 nitrogen and oxygen atoms in total. The van der Waals surface area contributed by atoms with Crippen LogP contribution in [-0.4, -0.2) is 18.4 Å². The minimum absolute atomic E-state index is 0.0761. The summed E-state index contributed by atoms with van der Waals surface area (Å²) >= 11 is 5.91. The number of benzene rings is 2. The lowest BCUT2D eigenvalue weighted by atomic mass is 10.2. The number of carbonyl (C=O) groups excluding carboxylic acids is 2. The van der Waals surface area contributed by atoms with Crippen molar-refractivity contribution in [2.24, 2.45) is 0 Å². The molecule has 0 aliphatic carbocycles. The van der Waals surface area contributed by atoms with Crippen LogP contribution in [0.3, 0.4) is 0 Å². The van der Waals surface area contributed by atoms with Crippen molar-refractivity contribution in [2.45, 2.75) is 6.42 Å². The highest BCUT2D eigenvalue weighted by Crippen LogP contribution is 2.14. The molecule has 2 N–H and O–H groups in total. The maximum atomic E-state index is 13.0. The van der Waals surface area contributed by atoms with E-state index < -0.39 is 5.82 Å². The van der Waals surface area contributed by atoms with Crippen molar-refractivity contribution < 1.29 is 14.0 Å². The van der Waals surface area contributed by atoms with Crippen LogP contribution < -0.4 is 10.6 Å². The van der Waals surface area contributed by atoms with Gasteiger partial charge in [0.05, 0.1) is 10.6 Å². The first-order valence-electron chi connectivity index (χ1n) is 6.64. The van der Waals surface area contributed by atoms with Gasteiger partial charge in [0.1, 0.15) is 5.82 Å². The molecule has 0 saturated heterocycles. The number of rotatable bonds is 5. The third-order valence-electron chi connectivity index (χ3n) is 2.86. The quantitative estimate of drug-likeness (QED) is 0.888. The molecular formula is C16H14ClFN2O2. The van der Waals surface area contributed by atoms with E-state index in [2.05, 4.69) is 10.6 Å². The van der Waals surface area contributed by atoms with Crippen LogP contribution in [-0.2, 0) is 4.79 Å². The van der Waals surface area contributed by atoms with Gasteiger partial charge in [0.25, 0.3) is 5.91 Å². The zero-order valence-corrected chi connectivity index (χ0v) is 12.4. The number of carbonyl (C=O) groups is 2. The highest BCUT2D eigenvalue weighted by molar-refractivity contribution is 6.33. The van der Waals surface area contributed by atoms with Crippen LogP contribution in [0.5, 0.6) is 0 Å². The Morgan fingerprint density at radius 3 is 2.59 bits per heavy atom. The second-order valence-corrected chi connectivity index (χ2v) is 4.95. The lowest BCUT2D eigenvalue weighted by Crippen LogP contribution is -2.27. The summed E-state index contributed by atoms with van der Waals surface area (Å²) in [5.74, 6) is -1.08. The van der Waals surface area contributed by atoms with Crippen LogP contribution in [0, 0.1) is 5.82 Å². The summed E-state index contributed by atoms with van der Waals surface area (Å²) in [6, 6.07) is 12.3.